The maximum atomic E-state index is 11.2. The quantitative estimate of drug-likeness (QED) is 0.825. The van der Waals surface area contributed by atoms with Gasteiger partial charge in [-0.05, 0) is 31.2 Å². The van der Waals surface area contributed by atoms with Crippen molar-refractivity contribution in [1.82, 2.24) is 4.57 Å². The molecule has 0 saturated carbocycles. The summed E-state index contributed by atoms with van der Waals surface area (Å²) in [6.07, 6.45) is 1.63. The van der Waals surface area contributed by atoms with Crippen LogP contribution in [0.25, 0.3) is 5.69 Å². The SMILES string of the molecule is Cc1c(O)c(=O)ccn1-c1ccc(Cl)cc1. The van der Waals surface area contributed by atoms with Crippen LogP contribution >= 0.6 is 11.6 Å². The maximum absolute atomic E-state index is 11.2. The Bertz CT molecular complexity index is 573. The molecule has 0 unspecified atom stereocenters. The van der Waals surface area contributed by atoms with Gasteiger partial charge in [0.1, 0.15) is 0 Å². The lowest BCUT2D eigenvalue weighted by Gasteiger charge is -2.11. The molecule has 0 amide bonds. The first-order valence-corrected chi connectivity index (χ1v) is 5.14. The van der Waals surface area contributed by atoms with E-state index in [2.05, 4.69) is 0 Å². The van der Waals surface area contributed by atoms with E-state index in [1.54, 1.807) is 29.8 Å². The molecule has 82 valence electrons. The molecule has 0 saturated heterocycles. The molecular formula is C12H10ClNO2. The molecule has 0 atom stereocenters. The van der Waals surface area contributed by atoms with Crippen LogP contribution in [-0.2, 0) is 0 Å². The Morgan fingerprint density at radius 3 is 2.44 bits per heavy atom. The molecule has 2 rings (SSSR count). The van der Waals surface area contributed by atoms with E-state index < -0.39 is 0 Å². The molecule has 16 heavy (non-hydrogen) atoms. The van der Waals surface area contributed by atoms with Crippen LogP contribution in [0.4, 0.5) is 0 Å². The predicted molar refractivity (Wildman–Crippen MR) is 63.5 cm³/mol. The number of aromatic nitrogens is 1. The number of nitrogens with zero attached hydrogens (tertiary/aromatic N) is 1. The Morgan fingerprint density at radius 1 is 1.19 bits per heavy atom. The number of hydrogen-bond acceptors (Lipinski definition) is 2. The van der Waals surface area contributed by atoms with E-state index in [0.717, 1.165) is 5.69 Å². The lowest BCUT2D eigenvalue weighted by molar-refractivity contribution is 0.459. The second-order valence-electron chi connectivity index (χ2n) is 3.46. The Hall–Kier alpha value is -1.74. The van der Waals surface area contributed by atoms with Crippen LogP contribution in [0, 0.1) is 6.92 Å². The van der Waals surface area contributed by atoms with Crippen LogP contribution < -0.4 is 5.43 Å². The summed E-state index contributed by atoms with van der Waals surface area (Å²) >= 11 is 5.79. The molecular weight excluding hydrogens is 226 g/mol. The zero-order valence-corrected chi connectivity index (χ0v) is 9.40. The van der Waals surface area contributed by atoms with E-state index in [4.69, 9.17) is 11.6 Å². The summed E-state index contributed by atoms with van der Waals surface area (Å²) in [6, 6.07) is 8.48. The summed E-state index contributed by atoms with van der Waals surface area (Å²) in [5.41, 5.74) is 0.981. The third-order valence-corrected chi connectivity index (χ3v) is 2.67. The van der Waals surface area contributed by atoms with Crippen molar-refractivity contribution >= 4 is 11.6 Å². The van der Waals surface area contributed by atoms with Gasteiger partial charge in [-0.25, -0.2) is 0 Å². The average Bonchev–Trinajstić information content (AvgIpc) is 2.28. The van der Waals surface area contributed by atoms with Crippen LogP contribution in [0.15, 0.2) is 41.3 Å². The first-order valence-electron chi connectivity index (χ1n) is 4.77. The van der Waals surface area contributed by atoms with Crippen molar-refractivity contribution < 1.29 is 5.11 Å². The maximum Gasteiger partial charge on any atom is 0.223 e. The Balaban J connectivity index is 2.61. The summed E-state index contributed by atoms with van der Waals surface area (Å²) in [4.78, 5) is 11.2. The van der Waals surface area contributed by atoms with Gasteiger partial charge in [0.2, 0.25) is 5.43 Å². The molecule has 1 heterocycles. The molecule has 0 aliphatic rings. The molecule has 0 fully saturated rings. The minimum absolute atomic E-state index is 0.225. The van der Waals surface area contributed by atoms with Crippen LogP contribution in [0.2, 0.25) is 5.02 Å². The highest BCUT2D eigenvalue weighted by Crippen LogP contribution is 2.17. The van der Waals surface area contributed by atoms with Crippen molar-refractivity contribution in [2.45, 2.75) is 6.92 Å². The van der Waals surface area contributed by atoms with Crippen molar-refractivity contribution in [3.63, 3.8) is 0 Å². The third-order valence-electron chi connectivity index (χ3n) is 2.42. The number of aromatic hydroxyl groups is 1. The molecule has 0 bridgehead atoms. The van der Waals surface area contributed by atoms with E-state index >= 15 is 0 Å². The molecule has 1 aromatic heterocycles. The van der Waals surface area contributed by atoms with Gasteiger partial charge in [-0.2, -0.15) is 0 Å². The molecule has 0 spiro atoms. The summed E-state index contributed by atoms with van der Waals surface area (Å²) in [5.74, 6) is -0.225. The Kier molecular flexibility index (Phi) is 2.71. The van der Waals surface area contributed by atoms with Crippen molar-refractivity contribution in [2.75, 3.05) is 0 Å². The fraction of sp³-hybridized carbons (Fsp3) is 0.0833. The van der Waals surface area contributed by atoms with Crippen LogP contribution in [0.3, 0.4) is 0 Å². The standard InChI is InChI=1S/C12H10ClNO2/c1-8-12(16)11(15)6-7-14(8)10-4-2-9(13)3-5-10/h2-7,16H,1H3. The van der Waals surface area contributed by atoms with Crippen molar-refractivity contribution in [3.05, 3.63) is 57.5 Å². The number of hydrogen-bond donors (Lipinski definition) is 1. The Labute approximate surface area is 97.5 Å². The highest BCUT2D eigenvalue weighted by atomic mass is 35.5. The molecule has 2 aromatic rings. The summed E-state index contributed by atoms with van der Waals surface area (Å²) in [7, 11) is 0. The van der Waals surface area contributed by atoms with E-state index in [1.165, 1.54) is 6.07 Å². The summed E-state index contributed by atoms with van der Waals surface area (Å²) in [5, 5.41) is 10.2. The van der Waals surface area contributed by atoms with E-state index in [-0.39, 0.29) is 11.2 Å². The minimum Gasteiger partial charge on any atom is -0.503 e. The number of halogens is 1. The van der Waals surface area contributed by atoms with Crippen LogP contribution in [0.5, 0.6) is 5.75 Å². The van der Waals surface area contributed by atoms with Gasteiger partial charge in [-0.1, -0.05) is 11.6 Å². The van der Waals surface area contributed by atoms with E-state index in [0.29, 0.717) is 10.7 Å². The normalized spacial score (nSPS) is 10.4. The molecule has 3 nitrogen and oxygen atoms in total. The number of rotatable bonds is 1. The zero-order chi connectivity index (χ0) is 11.7. The third kappa shape index (κ3) is 1.82. The largest absolute Gasteiger partial charge is 0.503 e. The van der Waals surface area contributed by atoms with Gasteiger partial charge in [0.15, 0.2) is 5.75 Å². The fourth-order valence-electron chi connectivity index (χ4n) is 1.51. The monoisotopic (exact) mass is 235 g/mol. The number of benzene rings is 1. The molecule has 0 radical (unpaired) electrons. The van der Waals surface area contributed by atoms with Gasteiger partial charge in [-0.3, -0.25) is 4.79 Å². The Morgan fingerprint density at radius 2 is 1.81 bits per heavy atom. The van der Waals surface area contributed by atoms with Gasteiger partial charge in [0.25, 0.3) is 0 Å². The highest BCUT2D eigenvalue weighted by molar-refractivity contribution is 6.30. The topological polar surface area (TPSA) is 42.2 Å². The first kappa shape index (κ1) is 10.8. The fourth-order valence-corrected chi connectivity index (χ4v) is 1.63. The van der Waals surface area contributed by atoms with Gasteiger partial charge in [-0.15, -0.1) is 0 Å². The molecule has 0 aliphatic carbocycles. The van der Waals surface area contributed by atoms with Crippen molar-refractivity contribution in [2.24, 2.45) is 0 Å². The second kappa shape index (κ2) is 4.02. The average molecular weight is 236 g/mol. The van der Waals surface area contributed by atoms with Crippen LogP contribution in [-0.4, -0.2) is 9.67 Å². The molecule has 1 aromatic carbocycles. The predicted octanol–water partition coefficient (Wildman–Crippen LogP) is 2.50. The van der Waals surface area contributed by atoms with Gasteiger partial charge in [0, 0.05) is 23.0 Å². The van der Waals surface area contributed by atoms with Crippen molar-refractivity contribution in [3.8, 4) is 11.4 Å². The molecule has 0 aliphatic heterocycles. The van der Waals surface area contributed by atoms with Gasteiger partial charge in [0.05, 0.1) is 5.69 Å². The van der Waals surface area contributed by atoms with Gasteiger partial charge >= 0.3 is 0 Å². The van der Waals surface area contributed by atoms with E-state index in [9.17, 15) is 9.90 Å². The molecule has 4 heteroatoms. The minimum atomic E-state index is -0.372. The summed E-state index contributed by atoms with van der Waals surface area (Å²) in [6.45, 7) is 1.69. The smallest absolute Gasteiger partial charge is 0.223 e. The first-order chi connectivity index (χ1) is 7.59. The zero-order valence-electron chi connectivity index (χ0n) is 8.64. The highest BCUT2D eigenvalue weighted by Gasteiger charge is 2.06. The summed E-state index contributed by atoms with van der Waals surface area (Å²) < 4.78 is 1.73. The lowest BCUT2D eigenvalue weighted by atomic mass is 10.2. The molecule has 1 N–H and O–H groups in total. The van der Waals surface area contributed by atoms with E-state index in [1.807, 2.05) is 12.1 Å². The van der Waals surface area contributed by atoms with Crippen molar-refractivity contribution in [1.29, 1.82) is 0 Å². The second-order valence-corrected chi connectivity index (χ2v) is 3.90. The number of pyridine rings is 1. The lowest BCUT2D eigenvalue weighted by Crippen LogP contribution is -2.08. The van der Waals surface area contributed by atoms with Gasteiger partial charge < -0.3 is 9.67 Å². The van der Waals surface area contributed by atoms with Crippen LogP contribution in [0.1, 0.15) is 5.69 Å².